The lowest BCUT2D eigenvalue weighted by atomic mass is 10.2. The lowest BCUT2D eigenvalue weighted by molar-refractivity contribution is -0.136. The van der Waals surface area contributed by atoms with E-state index in [1.807, 2.05) is 25.1 Å². The second-order valence-electron chi connectivity index (χ2n) is 4.15. The van der Waals surface area contributed by atoms with E-state index in [0.717, 1.165) is 14.5 Å². The topological polar surface area (TPSA) is 35.5 Å². The van der Waals surface area contributed by atoms with Crippen molar-refractivity contribution in [2.45, 2.75) is 6.92 Å². The van der Waals surface area contributed by atoms with Crippen LogP contribution in [0.2, 0.25) is 0 Å². The van der Waals surface area contributed by atoms with E-state index < -0.39 is 5.97 Å². The number of aryl methyl sites for hydroxylation is 1. The highest BCUT2D eigenvalue weighted by Crippen LogP contribution is 2.25. The third kappa shape index (κ3) is 4.35. The molecule has 0 saturated heterocycles. The molecule has 0 bridgehead atoms. The highest BCUT2D eigenvalue weighted by Gasteiger charge is 2.08. The molecule has 0 aliphatic rings. The van der Waals surface area contributed by atoms with Gasteiger partial charge in [0.25, 0.3) is 0 Å². The van der Waals surface area contributed by atoms with E-state index in [1.165, 1.54) is 0 Å². The maximum Gasteiger partial charge on any atom is 0.349 e. The normalized spacial score (nSPS) is 10.2. The highest BCUT2D eigenvalue weighted by atomic mass is 79.9. The Kier molecular flexibility index (Phi) is 5.20. The molecule has 2 aromatic rings. The molecule has 3 nitrogen and oxygen atoms in total. The molecule has 0 heterocycles. The van der Waals surface area contributed by atoms with Crippen LogP contribution in [0.1, 0.15) is 5.56 Å². The molecular weight excluding hydrogens is 388 g/mol. The fraction of sp³-hybridized carbons (Fsp3) is 0.133. The summed E-state index contributed by atoms with van der Waals surface area (Å²) in [7, 11) is 0. The minimum Gasteiger partial charge on any atom is -0.481 e. The molecule has 2 rings (SSSR count). The van der Waals surface area contributed by atoms with E-state index in [9.17, 15) is 4.79 Å². The van der Waals surface area contributed by atoms with Gasteiger partial charge in [-0.15, -0.1) is 0 Å². The Morgan fingerprint density at radius 3 is 2.45 bits per heavy atom. The summed E-state index contributed by atoms with van der Waals surface area (Å²) in [5.74, 6) is 0.660. The van der Waals surface area contributed by atoms with Gasteiger partial charge in [-0.2, -0.15) is 0 Å². The van der Waals surface area contributed by atoms with E-state index in [2.05, 4.69) is 31.9 Å². The Balaban J connectivity index is 1.90. The van der Waals surface area contributed by atoms with Gasteiger partial charge in [-0.25, -0.2) is 4.79 Å². The summed E-state index contributed by atoms with van der Waals surface area (Å²) in [6.07, 6.45) is 0. The first kappa shape index (κ1) is 15.1. The smallest absolute Gasteiger partial charge is 0.349 e. The number of halogens is 2. The van der Waals surface area contributed by atoms with Crippen LogP contribution in [0.4, 0.5) is 0 Å². The van der Waals surface area contributed by atoms with Gasteiger partial charge >= 0.3 is 5.97 Å². The van der Waals surface area contributed by atoms with Crippen molar-refractivity contribution in [1.29, 1.82) is 0 Å². The fourth-order valence-corrected chi connectivity index (χ4v) is 2.40. The molecule has 0 spiro atoms. The van der Waals surface area contributed by atoms with Crippen LogP contribution in [0.25, 0.3) is 0 Å². The van der Waals surface area contributed by atoms with Crippen LogP contribution < -0.4 is 9.47 Å². The van der Waals surface area contributed by atoms with Gasteiger partial charge in [0.05, 0.1) is 4.47 Å². The molecule has 0 aromatic heterocycles. The SMILES string of the molecule is Cc1ccc(OCC(=O)Oc2ccc(Br)cc2)c(Br)c1. The van der Waals surface area contributed by atoms with Gasteiger partial charge in [-0.3, -0.25) is 0 Å². The van der Waals surface area contributed by atoms with Gasteiger partial charge in [0.2, 0.25) is 0 Å². The van der Waals surface area contributed by atoms with Gasteiger partial charge in [-0.05, 0) is 64.8 Å². The molecule has 104 valence electrons. The second-order valence-corrected chi connectivity index (χ2v) is 5.92. The lowest BCUT2D eigenvalue weighted by Gasteiger charge is -2.08. The molecule has 0 unspecified atom stereocenters. The number of carbonyl (C=O) groups is 1. The highest BCUT2D eigenvalue weighted by molar-refractivity contribution is 9.10. The van der Waals surface area contributed by atoms with Crippen molar-refractivity contribution in [2.24, 2.45) is 0 Å². The van der Waals surface area contributed by atoms with E-state index in [-0.39, 0.29) is 6.61 Å². The summed E-state index contributed by atoms with van der Waals surface area (Å²) >= 11 is 6.71. The molecule has 5 heteroatoms. The molecule has 0 amide bonds. The molecule has 0 aliphatic carbocycles. The van der Waals surface area contributed by atoms with Crippen molar-refractivity contribution in [2.75, 3.05) is 6.61 Å². The summed E-state index contributed by atoms with van der Waals surface area (Å²) in [6.45, 7) is 1.84. The summed E-state index contributed by atoms with van der Waals surface area (Å²) in [4.78, 5) is 11.7. The summed E-state index contributed by atoms with van der Waals surface area (Å²) in [6, 6.07) is 12.7. The molecule has 0 fully saturated rings. The number of ether oxygens (including phenoxy) is 2. The third-order valence-corrected chi connectivity index (χ3v) is 3.63. The van der Waals surface area contributed by atoms with Crippen LogP contribution in [-0.2, 0) is 4.79 Å². The number of rotatable bonds is 4. The molecule has 0 atom stereocenters. The second kappa shape index (κ2) is 6.90. The Morgan fingerprint density at radius 2 is 1.80 bits per heavy atom. The largest absolute Gasteiger partial charge is 0.481 e. The average molecular weight is 400 g/mol. The zero-order valence-corrected chi connectivity index (χ0v) is 13.9. The number of benzene rings is 2. The minimum absolute atomic E-state index is 0.141. The zero-order valence-electron chi connectivity index (χ0n) is 10.7. The average Bonchev–Trinajstić information content (AvgIpc) is 2.40. The molecule has 0 radical (unpaired) electrons. The number of hydrogen-bond donors (Lipinski definition) is 0. The number of esters is 1. The molecule has 0 saturated carbocycles. The predicted octanol–water partition coefficient (Wildman–Crippen LogP) is 4.50. The lowest BCUT2D eigenvalue weighted by Crippen LogP contribution is -2.17. The first-order valence-corrected chi connectivity index (χ1v) is 7.48. The van der Waals surface area contributed by atoms with Gasteiger partial charge in [0, 0.05) is 4.47 Å². The van der Waals surface area contributed by atoms with E-state index in [1.54, 1.807) is 24.3 Å². The van der Waals surface area contributed by atoms with Crippen LogP contribution in [0, 0.1) is 6.92 Å². The van der Waals surface area contributed by atoms with Gasteiger partial charge in [0.1, 0.15) is 11.5 Å². The quantitative estimate of drug-likeness (QED) is 0.560. The van der Waals surface area contributed by atoms with E-state index in [0.29, 0.717) is 11.5 Å². The van der Waals surface area contributed by atoms with Crippen molar-refractivity contribution in [3.05, 3.63) is 57.0 Å². The Hall–Kier alpha value is -1.33. The maximum absolute atomic E-state index is 11.7. The Bertz CT molecular complexity index is 609. The summed E-state index contributed by atoms with van der Waals surface area (Å²) in [5.41, 5.74) is 1.11. The Morgan fingerprint density at radius 1 is 1.10 bits per heavy atom. The van der Waals surface area contributed by atoms with Gasteiger partial charge in [-0.1, -0.05) is 22.0 Å². The standard InChI is InChI=1S/C15H12Br2O3/c1-10-2-7-14(13(17)8-10)19-9-15(18)20-12-5-3-11(16)4-6-12/h2-8H,9H2,1H3. The number of carbonyl (C=O) groups excluding carboxylic acids is 1. The van der Waals surface area contributed by atoms with Crippen LogP contribution in [-0.4, -0.2) is 12.6 Å². The van der Waals surface area contributed by atoms with Crippen LogP contribution in [0.5, 0.6) is 11.5 Å². The first-order valence-electron chi connectivity index (χ1n) is 5.90. The molecular formula is C15H12Br2O3. The van der Waals surface area contributed by atoms with Crippen LogP contribution in [0.15, 0.2) is 51.4 Å². The van der Waals surface area contributed by atoms with Crippen molar-refractivity contribution in [3.63, 3.8) is 0 Å². The van der Waals surface area contributed by atoms with E-state index in [4.69, 9.17) is 9.47 Å². The summed E-state index contributed by atoms with van der Waals surface area (Å²) in [5, 5.41) is 0. The van der Waals surface area contributed by atoms with Gasteiger partial charge < -0.3 is 9.47 Å². The van der Waals surface area contributed by atoms with Crippen LogP contribution in [0.3, 0.4) is 0 Å². The first-order chi connectivity index (χ1) is 9.54. The third-order valence-electron chi connectivity index (χ3n) is 2.48. The van der Waals surface area contributed by atoms with Crippen molar-refractivity contribution in [3.8, 4) is 11.5 Å². The molecule has 2 aromatic carbocycles. The summed E-state index contributed by atoms with van der Waals surface area (Å²) < 4.78 is 12.3. The Labute approximate surface area is 134 Å². The predicted molar refractivity (Wildman–Crippen MR) is 84.2 cm³/mol. The van der Waals surface area contributed by atoms with Crippen molar-refractivity contribution < 1.29 is 14.3 Å². The maximum atomic E-state index is 11.7. The molecule has 0 aliphatic heterocycles. The van der Waals surface area contributed by atoms with Gasteiger partial charge in [0.15, 0.2) is 6.61 Å². The molecule has 0 N–H and O–H groups in total. The monoisotopic (exact) mass is 398 g/mol. The zero-order chi connectivity index (χ0) is 14.5. The fourth-order valence-electron chi connectivity index (χ4n) is 1.52. The minimum atomic E-state index is -0.445. The van der Waals surface area contributed by atoms with Crippen LogP contribution >= 0.6 is 31.9 Å². The van der Waals surface area contributed by atoms with Crippen molar-refractivity contribution >= 4 is 37.8 Å². The van der Waals surface area contributed by atoms with Crippen molar-refractivity contribution in [1.82, 2.24) is 0 Å². The molecule has 20 heavy (non-hydrogen) atoms. The number of hydrogen-bond acceptors (Lipinski definition) is 3. The van der Waals surface area contributed by atoms with E-state index >= 15 is 0 Å².